The Labute approximate surface area is 123 Å². The molecule has 0 fully saturated rings. The van der Waals surface area contributed by atoms with E-state index in [9.17, 15) is 4.79 Å². The third kappa shape index (κ3) is 2.42. The van der Waals surface area contributed by atoms with Crippen LogP contribution in [0, 0.1) is 6.92 Å². The van der Waals surface area contributed by atoms with Crippen LogP contribution >= 0.6 is 0 Å². The number of aromatic amines is 1. The van der Waals surface area contributed by atoms with Gasteiger partial charge in [0.2, 0.25) is 0 Å². The molecule has 0 bridgehead atoms. The van der Waals surface area contributed by atoms with Crippen LogP contribution < -0.4 is 4.74 Å². The molecule has 3 nitrogen and oxygen atoms in total. The molecule has 0 saturated carbocycles. The molecule has 1 heterocycles. The van der Waals surface area contributed by atoms with Crippen LogP contribution in [0.1, 0.15) is 22.8 Å². The number of nitrogens with one attached hydrogen (secondary N) is 1. The number of aldehydes is 1. The van der Waals surface area contributed by atoms with Crippen molar-refractivity contribution in [3.63, 3.8) is 0 Å². The van der Waals surface area contributed by atoms with Crippen molar-refractivity contribution >= 4 is 17.2 Å². The van der Waals surface area contributed by atoms with Crippen LogP contribution in [0.5, 0.6) is 5.75 Å². The molecule has 1 aromatic heterocycles. The predicted molar refractivity (Wildman–Crippen MR) is 85.0 cm³/mol. The normalized spacial score (nSPS) is 10.8. The van der Waals surface area contributed by atoms with Crippen molar-refractivity contribution in [3.05, 3.63) is 53.6 Å². The molecule has 1 N–H and O–H groups in total. The zero-order chi connectivity index (χ0) is 14.8. The van der Waals surface area contributed by atoms with Crippen LogP contribution in [0.3, 0.4) is 0 Å². The molecule has 2 aromatic carbocycles. The number of hydrogen-bond donors (Lipinski definition) is 1. The molecule has 106 valence electrons. The number of hydrogen-bond acceptors (Lipinski definition) is 2. The van der Waals surface area contributed by atoms with Gasteiger partial charge < -0.3 is 9.72 Å². The average Bonchev–Trinajstić information content (AvgIpc) is 2.86. The third-order valence-corrected chi connectivity index (χ3v) is 3.58. The molecule has 0 atom stereocenters. The van der Waals surface area contributed by atoms with Crippen molar-refractivity contribution in [2.45, 2.75) is 13.8 Å². The number of carbonyl (C=O) groups excluding carboxylic acids is 1. The number of rotatable bonds is 4. The Hall–Kier alpha value is -2.55. The number of benzene rings is 2. The molecular weight excluding hydrogens is 262 g/mol. The number of fused-ring (bicyclic) bond motifs is 1. The van der Waals surface area contributed by atoms with Gasteiger partial charge in [0, 0.05) is 16.5 Å². The van der Waals surface area contributed by atoms with Gasteiger partial charge in [-0.15, -0.1) is 0 Å². The van der Waals surface area contributed by atoms with Gasteiger partial charge in [-0.1, -0.05) is 29.8 Å². The predicted octanol–water partition coefficient (Wildman–Crippen LogP) is 4.35. The minimum absolute atomic E-state index is 0.608. The van der Waals surface area contributed by atoms with Gasteiger partial charge >= 0.3 is 0 Å². The lowest BCUT2D eigenvalue weighted by Gasteiger charge is -2.02. The van der Waals surface area contributed by atoms with Crippen molar-refractivity contribution in [2.75, 3.05) is 6.61 Å². The second-order valence-electron chi connectivity index (χ2n) is 5.04. The summed E-state index contributed by atoms with van der Waals surface area (Å²) >= 11 is 0. The number of carbonyl (C=O) groups is 1. The van der Waals surface area contributed by atoms with E-state index in [1.807, 2.05) is 56.3 Å². The maximum Gasteiger partial charge on any atom is 0.152 e. The Morgan fingerprint density at radius 3 is 2.57 bits per heavy atom. The van der Waals surface area contributed by atoms with E-state index < -0.39 is 0 Å². The van der Waals surface area contributed by atoms with E-state index >= 15 is 0 Å². The summed E-state index contributed by atoms with van der Waals surface area (Å²) in [6.45, 7) is 4.60. The van der Waals surface area contributed by atoms with Gasteiger partial charge in [0.05, 0.1) is 12.3 Å². The highest BCUT2D eigenvalue weighted by Crippen LogP contribution is 2.31. The van der Waals surface area contributed by atoms with Crippen LogP contribution in [0.2, 0.25) is 0 Å². The first-order chi connectivity index (χ1) is 10.2. The number of aromatic nitrogens is 1. The summed E-state index contributed by atoms with van der Waals surface area (Å²) in [6.07, 6.45) is 0.906. The zero-order valence-electron chi connectivity index (χ0n) is 12.1. The second kappa shape index (κ2) is 5.44. The SMILES string of the molecule is CCOc1ccc2[nH]c(-c3ccc(C)cc3)c(C=O)c2c1. The quantitative estimate of drug-likeness (QED) is 0.721. The molecule has 0 amide bonds. The van der Waals surface area contributed by atoms with Gasteiger partial charge in [0.1, 0.15) is 5.75 Å². The number of aryl methyl sites for hydroxylation is 1. The lowest BCUT2D eigenvalue weighted by molar-refractivity contribution is 0.112. The molecule has 3 aromatic rings. The molecule has 0 aliphatic carbocycles. The summed E-state index contributed by atoms with van der Waals surface area (Å²) in [5.74, 6) is 0.780. The first kappa shape index (κ1) is 13.4. The van der Waals surface area contributed by atoms with E-state index in [0.29, 0.717) is 12.2 Å². The van der Waals surface area contributed by atoms with Crippen LogP contribution in [0.15, 0.2) is 42.5 Å². The van der Waals surface area contributed by atoms with Gasteiger partial charge in [-0.05, 0) is 37.6 Å². The maximum atomic E-state index is 11.6. The highest BCUT2D eigenvalue weighted by atomic mass is 16.5. The molecule has 0 aliphatic heterocycles. The van der Waals surface area contributed by atoms with E-state index in [0.717, 1.165) is 34.2 Å². The number of H-pyrrole nitrogens is 1. The van der Waals surface area contributed by atoms with Crippen molar-refractivity contribution in [2.24, 2.45) is 0 Å². The Kier molecular flexibility index (Phi) is 3.48. The van der Waals surface area contributed by atoms with Gasteiger partial charge in [0.25, 0.3) is 0 Å². The summed E-state index contributed by atoms with van der Waals surface area (Å²) in [5.41, 5.74) is 4.68. The minimum atomic E-state index is 0.608. The first-order valence-electron chi connectivity index (χ1n) is 7.03. The lowest BCUT2D eigenvalue weighted by Crippen LogP contribution is -1.90. The fourth-order valence-corrected chi connectivity index (χ4v) is 2.52. The van der Waals surface area contributed by atoms with Crippen molar-refractivity contribution < 1.29 is 9.53 Å². The van der Waals surface area contributed by atoms with Gasteiger partial charge in [-0.25, -0.2) is 0 Å². The Morgan fingerprint density at radius 1 is 1.14 bits per heavy atom. The average molecular weight is 279 g/mol. The van der Waals surface area contributed by atoms with E-state index in [4.69, 9.17) is 4.74 Å². The topological polar surface area (TPSA) is 42.1 Å². The summed E-state index contributed by atoms with van der Waals surface area (Å²) in [5, 5.41) is 0.895. The van der Waals surface area contributed by atoms with Gasteiger partial charge in [0.15, 0.2) is 6.29 Å². The fraction of sp³-hybridized carbons (Fsp3) is 0.167. The summed E-state index contributed by atoms with van der Waals surface area (Å²) in [6, 6.07) is 13.9. The molecule has 0 spiro atoms. The number of ether oxygens (including phenoxy) is 1. The van der Waals surface area contributed by atoms with Crippen molar-refractivity contribution in [3.8, 4) is 17.0 Å². The highest BCUT2D eigenvalue weighted by molar-refractivity contribution is 6.04. The molecule has 21 heavy (non-hydrogen) atoms. The van der Waals surface area contributed by atoms with E-state index in [2.05, 4.69) is 4.98 Å². The summed E-state index contributed by atoms with van der Waals surface area (Å²) in [7, 11) is 0. The Bertz CT molecular complexity index is 785. The molecule has 0 radical (unpaired) electrons. The smallest absolute Gasteiger partial charge is 0.152 e. The lowest BCUT2D eigenvalue weighted by atomic mass is 10.0. The molecular formula is C18H17NO2. The minimum Gasteiger partial charge on any atom is -0.494 e. The maximum absolute atomic E-state index is 11.6. The molecule has 0 aliphatic rings. The fourth-order valence-electron chi connectivity index (χ4n) is 2.52. The van der Waals surface area contributed by atoms with Crippen LogP contribution in [-0.4, -0.2) is 17.9 Å². The monoisotopic (exact) mass is 279 g/mol. The third-order valence-electron chi connectivity index (χ3n) is 3.58. The highest BCUT2D eigenvalue weighted by Gasteiger charge is 2.13. The Balaban J connectivity index is 2.19. The van der Waals surface area contributed by atoms with Crippen LogP contribution in [0.25, 0.3) is 22.2 Å². The van der Waals surface area contributed by atoms with Crippen molar-refractivity contribution in [1.82, 2.24) is 4.98 Å². The van der Waals surface area contributed by atoms with Gasteiger partial charge in [-0.2, -0.15) is 0 Å². The molecule has 0 unspecified atom stereocenters. The second-order valence-corrected chi connectivity index (χ2v) is 5.04. The zero-order valence-corrected chi connectivity index (χ0v) is 12.1. The van der Waals surface area contributed by atoms with E-state index in [-0.39, 0.29) is 0 Å². The standard InChI is InChI=1S/C18H17NO2/c1-3-21-14-8-9-17-15(10-14)16(11-20)18(19-17)13-6-4-12(2)5-7-13/h4-11,19H,3H2,1-2H3. The Morgan fingerprint density at radius 2 is 1.90 bits per heavy atom. The first-order valence-corrected chi connectivity index (χ1v) is 7.03. The molecule has 3 heteroatoms. The summed E-state index contributed by atoms with van der Waals surface area (Å²) in [4.78, 5) is 14.9. The van der Waals surface area contributed by atoms with E-state index in [1.54, 1.807) is 0 Å². The van der Waals surface area contributed by atoms with Gasteiger partial charge in [-0.3, -0.25) is 4.79 Å². The van der Waals surface area contributed by atoms with Crippen LogP contribution in [0.4, 0.5) is 0 Å². The van der Waals surface area contributed by atoms with Crippen molar-refractivity contribution in [1.29, 1.82) is 0 Å². The molecule has 0 saturated heterocycles. The molecule has 3 rings (SSSR count). The van der Waals surface area contributed by atoms with Crippen LogP contribution in [-0.2, 0) is 0 Å². The largest absolute Gasteiger partial charge is 0.494 e. The van der Waals surface area contributed by atoms with E-state index in [1.165, 1.54) is 5.56 Å². The summed E-state index contributed by atoms with van der Waals surface area (Å²) < 4.78 is 5.51.